The van der Waals surface area contributed by atoms with Crippen LogP contribution in [0.15, 0.2) is 17.0 Å². The fourth-order valence-corrected chi connectivity index (χ4v) is 4.01. The van der Waals surface area contributed by atoms with Gasteiger partial charge in [-0.15, -0.1) is 0 Å². The number of nitrogens with zero attached hydrogens (tertiary/aromatic N) is 1. The van der Waals surface area contributed by atoms with Crippen LogP contribution >= 0.6 is 23.2 Å². The molecule has 0 aliphatic heterocycles. The number of hydrogen-bond donors (Lipinski definition) is 0. The molecule has 0 atom stereocenters. The van der Waals surface area contributed by atoms with E-state index < -0.39 is 76.6 Å². The second kappa shape index (κ2) is 7.89. The summed E-state index contributed by atoms with van der Waals surface area (Å²) in [4.78, 5) is 6.57. The van der Waals surface area contributed by atoms with Crippen molar-refractivity contribution in [3.05, 3.63) is 32.3 Å². The molecule has 0 aliphatic carbocycles. The van der Waals surface area contributed by atoms with Crippen LogP contribution < -0.4 is 0 Å². The monoisotopic (exact) mass is 573 g/mol. The van der Waals surface area contributed by atoms with Crippen LogP contribution in [0.5, 0.6) is 0 Å². The van der Waals surface area contributed by atoms with Crippen LogP contribution in [0, 0.1) is 10.1 Å². The predicted octanol–water partition coefficient (Wildman–Crippen LogP) is 6.37. The molecule has 0 aromatic heterocycles. The maximum Gasteiger partial charge on any atom is 0.460 e. The quantitative estimate of drug-likeness (QED) is 0.216. The predicted molar refractivity (Wildman–Crippen MR) is 81.1 cm³/mol. The second-order valence-corrected chi connectivity index (χ2v) is 8.58. The lowest BCUT2D eigenvalue weighted by Crippen LogP contribution is -2.71. The zero-order valence-corrected chi connectivity index (χ0v) is 16.6. The number of hydrogen-bond acceptors (Lipinski definition) is 4. The minimum Gasteiger partial charge on any atom is -0.258 e. The molecule has 0 spiro atoms. The van der Waals surface area contributed by atoms with Crippen LogP contribution in [0.3, 0.4) is 0 Å². The van der Waals surface area contributed by atoms with Crippen LogP contribution in [0.25, 0.3) is 0 Å². The highest BCUT2D eigenvalue weighted by atomic mass is 35.5. The Kier molecular flexibility index (Phi) is 7.00. The third-order valence-electron chi connectivity index (χ3n) is 3.73. The molecule has 1 aromatic carbocycles. The number of alkyl halides is 13. The van der Waals surface area contributed by atoms with Gasteiger partial charge in [-0.05, 0) is 6.07 Å². The Balaban J connectivity index is 3.87. The highest BCUT2D eigenvalue weighted by Crippen LogP contribution is 2.61. The Bertz CT molecular complexity index is 1070. The molecule has 33 heavy (non-hydrogen) atoms. The number of nitro benzene ring substituents is 1. The van der Waals surface area contributed by atoms with Crippen molar-refractivity contribution >= 4 is 38.7 Å². The molecule has 0 unspecified atom stereocenters. The second-order valence-electron chi connectivity index (χ2n) is 5.81. The van der Waals surface area contributed by atoms with Gasteiger partial charge < -0.3 is 0 Å². The molecule has 21 heteroatoms. The SMILES string of the molecule is O=[N+]([O-])c1cc(S(=O)(=O)C(F)(F)C(F)(F)C(F)(F)C(F)(F)C(F)(F)C(F)(F)F)c(Cl)cc1Cl. The molecule has 0 saturated heterocycles. The largest absolute Gasteiger partial charge is 0.460 e. The van der Waals surface area contributed by atoms with Gasteiger partial charge in [-0.25, -0.2) is 8.42 Å². The molecule has 0 saturated carbocycles. The first-order chi connectivity index (χ1) is 14.2. The number of rotatable bonds is 7. The molecule has 0 radical (unpaired) electrons. The van der Waals surface area contributed by atoms with Gasteiger partial charge in [0.15, 0.2) is 0 Å². The van der Waals surface area contributed by atoms with Gasteiger partial charge in [0.1, 0.15) is 5.02 Å². The van der Waals surface area contributed by atoms with Gasteiger partial charge in [0.25, 0.3) is 15.5 Å². The van der Waals surface area contributed by atoms with Crippen molar-refractivity contribution in [3.8, 4) is 0 Å². The lowest BCUT2D eigenvalue weighted by molar-refractivity contribution is -0.433. The summed E-state index contributed by atoms with van der Waals surface area (Å²) in [5.41, 5.74) is -1.67. The summed E-state index contributed by atoms with van der Waals surface area (Å²) >= 11 is 10.3. The Morgan fingerprint density at radius 2 is 1.09 bits per heavy atom. The van der Waals surface area contributed by atoms with Gasteiger partial charge in [-0.3, -0.25) is 10.1 Å². The smallest absolute Gasteiger partial charge is 0.258 e. The lowest BCUT2D eigenvalue weighted by atomic mass is 9.98. The third-order valence-corrected chi connectivity index (χ3v) is 6.31. The van der Waals surface area contributed by atoms with Gasteiger partial charge >= 0.3 is 35.1 Å². The molecule has 1 rings (SSSR count). The van der Waals surface area contributed by atoms with E-state index >= 15 is 0 Å². The number of benzene rings is 1. The van der Waals surface area contributed by atoms with Gasteiger partial charge in [-0.1, -0.05) is 23.2 Å². The number of nitro groups is 1. The normalized spacial score (nSPS) is 15.0. The molecule has 0 fully saturated rings. The van der Waals surface area contributed by atoms with E-state index in [2.05, 4.69) is 0 Å². The van der Waals surface area contributed by atoms with E-state index in [-0.39, 0.29) is 6.07 Å². The van der Waals surface area contributed by atoms with E-state index in [1.807, 2.05) is 0 Å². The van der Waals surface area contributed by atoms with Crippen molar-refractivity contribution in [2.24, 2.45) is 0 Å². The van der Waals surface area contributed by atoms with Crippen LogP contribution in [0.1, 0.15) is 0 Å². The van der Waals surface area contributed by atoms with E-state index in [0.29, 0.717) is 0 Å². The number of sulfone groups is 1. The first-order valence-corrected chi connectivity index (χ1v) is 9.31. The fraction of sp³-hybridized carbons (Fsp3) is 0.500. The van der Waals surface area contributed by atoms with Gasteiger partial charge in [0.2, 0.25) is 0 Å². The summed E-state index contributed by atoms with van der Waals surface area (Å²) in [5, 5.41) is 0.273. The molecular formula is C12H2Cl2F13NO4S. The van der Waals surface area contributed by atoms with E-state index in [1.54, 1.807) is 0 Å². The minimum absolute atomic E-state index is 0.0487. The van der Waals surface area contributed by atoms with E-state index in [4.69, 9.17) is 23.2 Å². The molecule has 0 heterocycles. The Labute approximate surface area is 182 Å². The summed E-state index contributed by atoms with van der Waals surface area (Å²) in [7, 11) is -7.54. The van der Waals surface area contributed by atoms with Gasteiger partial charge in [0, 0.05) is 6.07 Å². The Hall–Kier alpha value is -1.76. The molecule has 0 N–H and O–H groups in total. The summed E-state index contributed by atoms with van der Waals surface area (Å²) in [6, 6.07) is -0.641. The van der Waals surface area contributed by atoms with Crippen molar-refractivity contribution in [2.75, 3.05) is 0 Å². The van der Waals surface area contributed by atoms with Crippen molar-refractivity contribution in [1.82, 2.24) is 0 Å². The van der Waals surface area contributed by atoms with E-state index in [1.165, 1.54) is 0 Å². The molecule has 5 nitrogen and oxygen atoms in total. The third kappa shape index (κ3) is 3.94. The average molecular weight is 574 g/mol. The lowest BCUT2D eigenvalue weighted by Gasteiger charge is -2.39. The summed E-state index contributed by atoms with van der Waals surface area (Å²) in [6.45, 7) is 0. The first-order valence-electron chi connectivity index (χ1n) is 7.07. The first kappa shape index (κ1) is 29.3. The van der Waals surface area contributed by atoms with Crippen LogP contribution in [-0.2, 0) is 9.84 Å². The van der Waals surface area contributed by atoms with Crippen molar-refractivity contribution in [2.45, 2.75) is 40.0 Å². The van der Waals surface area contributed by atoms with Crippen LogP contribution in [0.2, 0.25) is 10.0 Å². The minimum atomic E-state index is -8.39. The summed E-state index contributed by atoms with van der Waals surface area (Å²) in [6.07, 6.45) is -7.69. The maximum absolute atomic E-state index is 14.1. The topological polar surface area (TPSA) is 77.3 Å². The Morgan fingerprint density at radius 1 is 0.697 bits per heavy atom. The number of halogens is 15. The van der Waals surface area contributed by atoms with Crippen LogP contribution in [-0.4, -0.2) is 48.5 Å². The van der Waals surface area contributed by atoms with E-state index in [0.717, 1.165) is 0 Å². The molecule has 0 bridgehead atoms. The molecule has 190 valence electrons. The molecular weight excluding hydrogens is 572 g/mol. The van der Waals surface area contributed by atoms with Gasteiger partial charge in [-0.2, -0.15) is 57.1 Å². The molecule has 1 aromatic rings. The molecule has 0 aliphatic rings. The zero-order valence-electron chi connectivity index (χ0n) is 14.3. The maximum atomic E-state index is 14.1. The zero-order chi connectivity index (χ0) is 26.8. The standard InChI is InChI=1S/C12H2Cl2F13NO4S/c13-3-1-4(14)6(2-5(3)28(29)30)33(31,32)12(26,27)10(21,22)8(17,18)7(15,16)9(19,20)11(23,24)25/h1-2H. The van der Waals surface area contributed by atoms with Gasteiger partial charge in [0.05, 0.1) is 14.8 Å². The van der Waals surface area contributed by atoms with Crippen LogP contribution in [0.4, 0.5) is 62.8 Å². The highest BCUT2D eigenvalue weighted by Gasteiger charge is 2.92. The van der Waals surface area contributed by atoms with Crippen molar-refractivity contribution < 1.29 is 70.4 Å². The highest BCUT2D eigenvalue weighted by molar-refractivity contribution is 7.92. The summed E-state index contributed by atoms with van der Waals surface area (Å²) in [5.74, 6) is -33.0. The average Bonchev–Trinajstić information content (AvgIpc) is 2.59. The summed E-state index contributed by atoms with van der Waals surface area (Å²) < 4.78 is 195. The fourth-order valence-electron chi connectivity index (χ4n) is 1.93. The Morgan fingerprint density at radius 3 is 1.45 bits per heavy atom. The van der Waals surface area contributed by atoms with Crippen molar-refractivity contribution in [1.29, 1.82) is 0 Å². The van der Waals surface area contributed by atoms with E-state index in [9.17, 15) is 75.6 Å². The molecule has 0 amide bonds. The van der Waals surface area contributed by atoms with Crippen molar-refractivity contribution in [3.63, 3.8) is 0 Å².